The third-order valence-electron chi connectivity index (χ3n) is 2.91. The molecule has 0 amide bonds. The van der Waals surface area contributed by atoms with Gasteiger partial charge in [-0.05, 0) is 22.0 Å². The van der Waals surface area contributed by atoms with Crippen LogP contribution < -0.4 is 14.8 Å². The monoisotopic (exact) mass is 370 g/mol. The van der Waals surface area contributed by atoms with E-state index in [9.17, 15) is 10.1 Å². The van der Waals surface area contributed by atoms with Crippen molar-refractivity contribution >= 4 is 38.0 Å². The Morgan fingerprint density at radius 1 is 1.29 bits per heavy atom. The minimum absolute atomic E-state index is 0.146. The van der Waals surface area contributed by atoms with Crippen LogP contribution in [0.4, 0.5) is 10.7 Å². The Morgan fingerprint density at radius 3 is 2.67 bits per heavy atom. The fourth-order valence-electron chi connectivity index (χ4n) is 1.94. The Balaban J connectivity index is 1.73. The molecule has 1 N–H and O–H groups in total. The zero-order chi connectivity index (χ0) is 14.8. The number of nitrogens with zero attached hydrogens (tertiary/aromatic N) is 1. The number of nitro groups is 1. The van der Waals surface area contributed by atoms with Crippen LogP contribution in [0.25, 0.3) is 0 Å². The molecule has 0 aliphatic carbocycles. The topological polar surface area (TPSA) is 73.6 Å². The lowest BCUT2D eigenvalue weighted by atomic mass is 10.2. The highest BCUT2D eigenvalue weighted by Crippen LogP contribution is 2.38. The summed E-state index contributed by atoms with van der Waals surface area (Å²) in [4.78, 5) is 11.2. The fraction of sp³-hybridized carbons (Fsp3) is 0.231. The summed E-state index contributed by atoms with van der Waals surface area (Å²) in [7, 11) is 0. The van der Waals surface area contributed by atoms with Gasteiger partial charge in [-0.25, -0.2) is 0 Å². The van der Waals surface area contributed by atoms with E-state index in [4.69, 9.17) is 9.47 Å². The SMILES string of the molecule is O=[N+]([O-])c1ccc(CNc2cc3c(cc2Br)OCCO3)s1. The van der Waals surface area contributed by atoms with Crippen LogP contribution in [0.2, 0.25) is 0 Å². The number of fused-ring (bicyclic) bond motifs is 1. The van der Waals surface area contributed by atoms with Crippen molar-refractivity contribution in [2.24, 2.45) is 0 Å². The van der Waals surface area contributed by atoms with Crippen molar-refractivity contribution in [1.29, 1.82) is 0 Å². The highest BCUT2D eigenvalue weighted by atomic mass is 79.9. The fourth-order valence-corrected chi connectivity index (χ4v) is 3.16. The van der Waals surface area contributed by atoms with Crippen LogP contribution in [0.1, 0.15) is 4.88 Å². The number of rotatable bonds is 4. The molecule has 2 heterocycles. The second kappa shape index (κ2) is 5.90. The molecule has 0 saturated heterocycles. The molecule has 1 aromatic carbocycles. The van der Waals surface area contributed by atoms with Crippen molar-refractivity contribution in [3.05, 3.63) is 43.7 Å². The molecule has 0 unspecified atom stereocenters. The van der Waals surface area contributed by atoms with Crippen LogP contribution in [-0.4, -0.2) is 18.1 Å². The number of anilines is 1. The summed E-state index contributed by atoms with van der Waals surface area (Å²) < 4.78 is 11.9. The molecule has 0 saturated carbocycles. The van der Waals surface area contributed by atoms with Gasteiger partial charge in [-0.15, -0.1) is 0 Å². The molecule has 0 radical (unpaired) electrons. The van der Waals surface area contributed by atoms with Crippen LogP contribution >= 0.6 is 27.3 Å². The van der Waals surface area contributed by atoms with Crippen molar-refractivity contribution in [3.8, 4) is 11.5 Å². The molecule has 0 bridgehead atoms. The van der Waals surface area contributed by atoms with Gasteiger partial charge in [-0.2, -0.15) is 0 Å². The molecule has 2 aromatic rings. The summed E-state index contributed by atoms with van der Waals surface area (Å²) in [5, 5.41) is 14.0. The van der Waals surface area contributed by atoms with Gasteiger partial charge in [0.1, 0.15) is 13.2 Å². The number of ether oxygens (including phenoxy) is 2. The standard InChI is InChI=1S/C13H11BrN2O4S/c14-9-5-11-12(20-4-3-19-11)6-10(9)15-7-8-1-2-13(21-8)16(17)18/h1-2,5-6,15H,3-4,7H2. The van der Waals surface area contributed by atoms with Crippen molar-refractivity contribution in [2.45, 2.75) is 6.54 Å². The molecule has 8 heteroatoms. The number of benzene rings is 1. The molecule has 1 aliphatic heterocycles. The first-order chi connectivity index (χ1) is 10.1. The summed E-state index contributed by atoms with van der Waals surface area (Å²) in [5.74, 6) is 1.41. The highest BCUT2D eigenvalue weighted by molar-refractivity contribution is 9.10. The van der Waals surface area contributed by atoms with Gasteiger partial charge in [0.05, 0.1) is 10.6 Å². The number of thiophene rings is 1. The number of hydrogen-bond donors (Lipinski definition) is 1. The van der Waals surface area contributed by atoms with Gasteiger partial charge in [0.15, 0.2) is 11.5 Å². The lowest BCUT2D eigenvalue weighted by Gasteiger charge is -2.20. The minimum atomic E-state index is -0.381. The van der Waals surface area contributed by atoms with Crippen LogP contribution in [0.5, 0.6) is 11.5 Å². The van der Waals surface area contributed by atoms with E-state index in [2.05, 4.69) is 21.2 Å². The number of hydrogen-bond acceptors (Lipinski definition) is 6. The summed E-state index contributed by atoms with van der Waals surface area (Å²) in [6.07, 6.45) is 0. The molecular formula is C13H11BrN2O4S. The van der Waals surface area contributed by atoms with E-state index in [-0.39, 0.29) is 9.92 Å². The van der Waals surface area contributed by atoms with Gasteiger partial charge in [-0.3, -0.25) is 10.1 Å². The van der Waals surface area contributed by atoms with E-state index in [1.807, 2.05) is 12.1 Å². The number of nitrogens with one attached hydrogen (secondary N) is 1. The smallest absolute Gasteiger partial charge is 0.324 e. The van der Waals surface area contributed by atoms with E-state index >= 15 is 0 Å². The summed E-state index contributed by atoms with van der Waals surface area (Å²) in [6.45, 7) is 1.59. The molecular weight excluding hydrogens is 360 g/mol. The Bertz CT molecular complexity index is 689. The van der Waals surface area contributed by atoms with Gasteiger partial charge < -0.3 is 14.8 Å². The molecule has 21 heavy (non-hydrogen) atoms. The van der Waals surface area contributed by atoms with Gasteiger partial charge in [0, 0.05) is 34.1 Å². The van der Waals surface area contributed by atoms with E-state index in [0.29, 0.717) is 31.3 Å². The Kier molecular flexibility index (Phi) is 3.98. The van der Waals surface area contributed by atoms with Crippen molar-refractivity contribution in [3.63, 3.8) is 0 Å². The first-order valence-corrected chi connectivity index (χ1v) is 7.80. The average Bonchev–Trinajstić information content (AvgIpc) is 2.94. The molecule has 110 valence electrons. The molecule has 0 spiro atoms. The molecule has 0 fully saturated rings. The Labute approximate surface area is 133 Å². The second-order valence-corrected chi connectivity index (χ2v) is 6.33. The molecule has 3 rings (SSSR count). The van der Waals surface area contributed by atoms with Crippen molar-refractivity contribution < 1.29 is 14.4 Å². The van der Waals surface area contributed by atoms with Crippen LogP contribution in [0, 0.1) is 10.1 Å². The van der Waals surface area contributed by atoms with E-state index in [1.54, 1.807) is 6.07 Å². The highest BCUT2D eigenvalue weighted by Gasteiger charge is 2.15. The van der Waals surface area contributed by atoms with Gasteiger partial charge in [0.25, 0.3) is 0 Å². The second-order valence-electron chi connectivity index (χ2n) is 4.33. The Hall–Kier alpha value is -1.80. The molecule has 1 aromatic heterocycles. The average molecular weight is 371 g/mol. The van der Waals surface area contributed by atoms with E-state index in [1.165, 1.54) is 6.07 Å². The minimum Gasteiger partial charge on any atom is -0.486 e. The molecule has 1 aliphatic rings. The van der Waals surface area contributed by atoms with E-state index in [0.717, 1.165) is 26.4 Å². The summed E-state index contributed by atoms with van der Waals surface area (Å²) in [5.41, 5.74) is 0.857. The zero-order valence-electron chi connectivity index (χ0n) is 10.8. The Morgan fingerprint density at radius 2 is 2.00 bits per heavy atom. The summed E-state index contributed by atoms with van der Waals surface area (Å²) in [6, 6.07) is 6.98. The molecule has 6 nitrogen and oxygen atoms in total. The largest absolute Gasteiger partial charge is 0.486 e. The van der Waals surface area contributed by atoms with Crippen molar-refractivity contribution in [1.82, 2.24) is 0 Å². The maximum atomic E-state index is 10.7. The lowest BCUT2D eigenvalue weighted by molar-refractivity contribution is -0.380. The van der Waals surface area contributed by atoms with Crippen LogP contribution in [0.3, 0.4) is 0 Å². The predicted octanol–water partition coefficient (Wildman–Crippen LogP) is 3.80. The first kappa shape index (κ1) is 14.2. The van der Waals surface area contributed by atoms with Gasteiger partial charge >= 0.3 is 5.00 Å². The van der Waals surface area contributed by atoms with Crippen LogP contribution in [0.15, 0.2) is 28.7 Å². The first-order valence-electron chi connectivity index (χ1n) is 6.19. The predicted molar refractivity (Wildman–Crippen MR) is 83.4 cm³/mol. The maximum absolute atomic E-state index is 10.7. The third-order valence-corrected chi connectivity index (χ3v) is 4.61. The van der Waals surface area contributed by atoms with Crippen LogP contribution in [-0.2, 0) is 6.54 Å². The normalized spacial score (nSPS) is 13.0. The zero-order valence-corrected chi connectivity index (χ0v) is 13.2. The maximum Gasteiger partial charge on any atom is 0.324 e. The van der Waals surface area contributed by atoms with Gasteiger partial charge in [0.2, 0.25) is 0 Å². The lowest BCUT2D eigenvalue weighted by Crippen LogP contribution is -2.15. The third kappa shape index (κ3) is 3.11. The van der Waals surface area contributed by atoms with Crippen molar-refractivity contribution in [2.75, 3.05) is 18.5 Å². The number of halogens is 1. The molecule has 0 atom stereocenters. The van der Waals surface area contributed by atoms with Gasteiger partial charge in [-0.1, -0.05) is 11.3 Å². The summed E-state index contributed by atoms with van der Waals surface area (Å²) >= 11 is 4.64. The quantitative estimate of drug-likeness (QED) is 0.654. The van der Waals surface area contributed by atoms with E-state index < -0.39 is 0 Å².